The Bertz CT molecular complexity index is 769. The van der Waals surface area contributed by atoms with E-state index in [9.17, 15) is 0 Å². The van der Waals surface area contributed by atoms with Crippen LogP contribution in [0.1, 0.15) is 32.6 Å². The van der Waals surface area contributed by atoms with Crippen LogP contribution in [0.15, 0.2) is 53.8 Å². The van der Waals surface area contributed by atoms with E-state index >= 15 is 0 Å². The van der Waals surface area contributed by atoms with E-state index in [1.807, 2.05) is 18.5 Å². The molecule has 3 aliphatic rings. The zero-order chi connectivity index (χ0) is 18.1. The van der Waals surface area contributed by atoms with Crippen molar-refractivity contribution in [2.24, 2.45) is 11.5 Å². The van der Waals surface area contributed by atoms with Gasteiger partial charge in [-0.1, -0.05) is 13.3 Å². The maximum atomic E-state index is 6.22. The van der Waals surface area contributed by atoms with Gasteiger partial charge in [0, 0.05) is 31.5 Å². The summed E-state index contributed by atoms with van der Waals surface area (Å²) in [4.78, 5) is 8.94. The fourth-order valence-corrected chi connectivity index (χ4v) is 3.91. The molecular weight excluding hydrogens is 326 g/mol. The number of rotatable bonds is 4. The second-order valence-electron chi connectivity index (χ2n) is 7.18. The van der Waals surface area contributed by atoms with Crippen LogP contribution in [-0.2, 0) is 4.74 Å². The van der Waals surface area contributed by atoms with Crippen molar-refractivity contribution in [2.45, 2.75) is 44.9 Å². The van der Waals surface area contributed by atoms with E-state index in [0.29, 0.717) is 0 Å². The lowest BCUT2D eigenvalue weighted by molar-refractivity contribution is 0.185. The van der Waals surface area contributed by atoms with Crippen LogP contribution < -0.4 is 21.3 Å². The molecule has 2 unspecified atom stereocenters. The van der Waals surface area contributed by atoms with Gasteiger partial charge in [-0.05, 0) is 43.1 Å². The highest BCUT2D eigenvalue weighted by molar-refractivity contribution is 5.76. The van der Waals surface area contributed by atoms with Crippen LogP contribution in [0.5, 0.6) is 0 Å². The van der Waals surface area contributed by atoms with Crippen molar-refractivity contribution in [2.75, 3.05) is 22.9 Å². The maximum Gasteiger partial charge on any atom is 0.169 e. The fourth-order valence-electron chi connectivity index (χ4n) is 3.91. The van der Waals surface area contributed by atoms with E-state index in [2.05, 4.69) is 40.0 Å². The molecule has 2 atom stereocenters. The standard InChI is InChI=1S/C20H27N5O/c1-2-4-14-9-19-17(10-20(22)26-19)25(12-14)18-11-23-7-6-16(18)24-8-3-5-15(21)13-24/h6-7,9-12,15,20H,2-5,8,13,21-22H2,1H3. The van der Waals surface area contributed by atoms with Crippen molar-refractivity contribution in [3.8, 4) is 0 Å². The molecule has 1 fully saturated rings. The number of nitrogens with zero attached hydrogens (tertiary/aromatic N) is 3. The minimum absolute atomic E-state index is 0.218. The van der Waals surface area contributed by atoms with Crippen LogP contribution in [0.4, 0.5) is 11.4 Å². The number of piperidine rings is 1. The highest BCUT2D eigenvalue weighted by Gasteiger charge is 2.30. The van der Waals surface area contributed by atoms with Crippen LogP contribution in [0, 0.1) is 0 Å². The number of allylic oxidation sites excluding steroid dienone is 2. The minimum Gasteiger partial charge on any atom is -0.470 e. The molecule has 0 radical (unpaired) electrons. The molecule has 0 amide bonds. The first-order valence-electron chi connectivity index (χ1n) is 9.46. The summed E-state index contributed by atoms with van der Waals surface area (Å²) in [5, 5.41) is 0. The first-order chi connectivity index (χ1) is 12.7. The van der Waals surface area contributed by atoms with E-state index in [1.54, 1.807) is 0 Å². The Morgan fingerprint density at radius 2 is 2.19 bits per heavy atom. The van der Waals surface area contributed by atoms with E-state index in [-0.39, 0.29) is 6.04 Å². The van der Waals surface area contributed by atoms with Crippen molar-refractivity contribution < 1.29 is 4.74 Å². The average Bonchev–Trinajstić information content (AvgIpc) is 3.01. The van der Waals surface area contributed by atoms with Crippen LogP contribution in [0.3, 0.4) is 0 Å². The summed E-state index contributed by atoms with van der Waals surface area (Å²) in [6, 6.07) is 2.30. The number of anilines is 2. The number of nitrogens with two attached hydrogens (primary N) is 2. The first kappa shape index (κ1) is 17.1. The molecule has 1 aromatic heterocycles. The lowest BCUT2D eigenvalue weighted by Crippen LogP contribution is -2.43. The van der Waals surface area contributed by atoms with Crippen molar-refractivity contribution in [1.29, 1.82) is 0 Å². The third-order valence-corrected chi connectivity index (χ3v) is 5.08. The lowest BCUT2D eigenvalue weighted by Gasteiger charge is -2.36. The number of hydrogen-bond acceptors (Lipinski definition) is 6. The Balaban J connectivity index is 1.74. The molecular formula is C20H27N5O. The number of hydrogen-bond donors (Lipinski definition) is 2. The largest absolute Gasteiger partial charge is 0.470 e. The molecule has 0 aliphatic carbocycles. The maximum absolute atomic E-state index is 6.22. The summed E-state index contributed by atoms with van der Waals surface area (Å²) >= 11 is 0. The van der Waals surface area contributed by atoms with Gasteiger partial charge in [0.2, 0.25) is 0 Å². The predicted molar refractivity (Wildman–Crippen MR) is 104 cm³/mol. The minimum atomic E-state index is -0.406. The zero-order valence-electron chi connectivity index (χ0n) is 15.3. The molecule has 0 spiro atoms. The second-order valence-corrected chi connectivity index (χ2v) is 7.18. The summed E-state index contributed by atoms with van der Waals surface area (Å²) in [6.45, 7) is 4.07. The van der Waals surface area contributed by atoms with Gasteiger partial charge in [-0.2, -0.15) is 0 Å². The third kappa shape index (κ3) is 3.22. The topological polar surface area (TPSA) is 80.6 Å². The normalized spacial score (nSPS) is 25.3. The van der Waals surface area contributed by atoms with Gasteiger partial charge in [-0.3, -0.25) is 10.7 Å². The van der Waals surface area contributed by atoms with Crippen molar-refractivity contribution in [3.63, 3.8) is 0 Å². The summed E-state index contributed by atoms with van der Waals surface area (Å²) in [7, 11) is 0. The zero-order valence-corrected chi connectivity index (χ0v) is 15.3. The molecule has 0 aromatic carbocycles. The van der Waals surface area contributed by atoms with Crippen molar-refractivity contribution in [3.05, 3.63) is 53.8 Å². The Hall–Kier alpha value is -2.31. The molecule has 138 valence electrons. The summed E-state index contributed by atoms with van der Waals surface area (Å²) in [5.74, 6) is 0.841. The molecule has 6 heteroatoms. The molecule has 3 aliphatic heterocycles. The molecule has 6 nitrogen and oxygen atoms in total. The first-order valence-corrected chi connectivity index (χ1v) is 9.46. The van der Waals surface area contributed by atoms with Gasteiger partial charge in [-0.25, -0.2) is 0 Å². The SMILES string of the molecule is CCCC1=CN(c2cnccc2N2CCCC(N)C2)C2=CC(N)OC2=C1. The molecule has 1 saturated heterocycles. The van der Waals surface area contributed by atoms with Gasteiger partial charge in [0.15, 0.2) is 6.23 Å². The Labute approximate surface area is 154 Å². The van der Waals surface area contributed by atoms with E-state index in [1.165, 1.54) is 5.57 Å². The summed E-state index contributed by atoms with van der Waals surface area (Å²) in [5.41, 5.74) is 16.7. The van der Waals surface area contributed by atoms with E-state index in [4.69, 9.17) is 16.2 Å². The summed E-state index contributed by atoms with van der Waals surface area (Å²) in [6.07, 6.45) is 13.9. The van der Waals surface area contributed by atoms with Gasteiger partial charge in [-0.15, -0.1) is 0 Å². The highest BCUT2D eigenvalue weighted by Crippen LogP contribution is 2.39. The Morgan fingerprint density at radius 3 is 3.00 bits per heavy atom. The van der Waals surface area contributed by atoms with Gasteiger partial charge in [0.1, 0.15) is 5.76 Å². The molecule has 4 heterocycles. The molecule has 4 rings (SSSR count). The van der Waals surface area contributed by atoms with Crippen LogP contribution in [-0.4, -0.2) is 30.3 Å². The highest BCUT2D eigenvalue weighted by atomic mass is 16.5. The van der Waals surface area contributed by atoms with Crippen LogP contribution in [0.25, 0.3) is 0 Å². The Kier molecular flexibility index (Phi) is 4.70. The number of fused-ring (bicyclic) bond motifs is 1. The summed E-state index contributed by atoms with van der Waals surface area (Å²) < 4.78 is 5.81. The van der Waals surface area contributed by atoms with E-state index < -0.39 is 6.23 Å². The lowest BCUT2D eigenvalue weighted by atomic mass is 10.0. The van der Waals surface area contributed by atoms with Gasteiger partial charge >= 0.3 is 0 Å². The number of aromatic nitrogens is 1. The molecule has 0 bridgehead atoms. The number of ether oxygens (including phenoxy) is 1. The molecule has 0 saturated carbocycles. The smallest absolute Gasteiger partial charge is 0.169 e. The van der Waals surface area contributed by atoms with E-state index in [0.717, 1.165) is 61.6 Å². The molecule has 1 aromatic rings. The Morgan fingerprint density at radius 1 is 1.31 bits per heavy atom. The van der Waals surface area contributed by atoms with Crippen molar-refractivity contribution in [1.82, 2.24) is 4.98 Å². The van der Waals surface area contributed by atoms with Gasteiger partial charge < -0.3 is 20.3 Å². The average molecular weight is 353 g/mol. The fraction of sp³-hybridized carbons (Fsp3) is 0.450. The van der Waals surface area contributed by atoms with Gasteiger partial charge in [0.25, 0.3) is 0 Å². The number of pyridine rings is 1. The second kappa shape index (κ2) is 7.13. The van der Waals surface area contributed by atoms with Crippen molar-refractivity contribution >= 4 is 11.4 Å². The van der Waals surface area contributed by atoms with Crippen LogP contribution >= 0.6 is 0 Å². The van der Waals surface area contributed by atoms with Gasteiger partial charge in [0.05, 0.1) is 23.3 Å². The monoisotopic (exact) mass is 353 g/mol. The predicted octanol–water partition coefficient (Wildman–Crippen LogP) is 2.60. The van der Waals surface area contributed by atoms with Crippen LogP contribution in [0.2, 0.25) is 0 Å². The molecule has 4 N–H and O–H groups in total. The third-order valence-electron chi connectivity index (χ3n) is 5.08. The molecule has 26 heavy (non-hydrogen) atoms. The quantitative estimate of drug-likeness (QED) is 0.866.